The largest absolute Gasteiger partial charge is 0.288 e. The van der Waals surface area contributed by atoms with Gasteiger partial charge in [-0.1, -0.05) is 75.5 Å². The summed E-state index contributed by atoms with van der Waals surface area (Å²) < 4.78 is 0. The second-order valence-corrected chi connectivity index (χ2v) is 6.62. The zero-order valence-electron chi connectivity index (χ0n) is 14.3. The molecule has 2 aromatic rings. The van der Waals surface area contributed by atoms with Gasteiger partial charge in [-0.15, -0.1) is 0 Å². The predicted molar refractivity (Wildman–Crippen MR) is 103 cm³/mol. The third kappa shape index (κ3) is 3.21. The SMILES string of the molecule is CC.CC.O=C1/C(=C2\Sc3ccccc3C2=O)Sc2ccccc21. The first-order valence-corrected chi connectivity index (χ1v) is 9.76. The number of Topliss-reactive ketones (excluding diaryl/α,β-unsaturated/α-hetero) is 2. The van der Waals surface area contributed by atoms with Gasteiger partial charge < -0.3 is 0 Å². The van der Waals surface area contributed by atoms with Crippen LogP contribution in [0.2, 0.25) is 0 Å². The molecule has 4 rings (SSSR count). The molecule has 0 atom stereocenters. The van der Waals surface area contributed by atoms with Crippen LogP contribution in [0.3, 0.4) is 0 Å². The van der Waals surface area contributed by atoms with Gasteiger partial charge >= 0.3 is 0 Å². The van der Waals surface area contributed by atoms with Crippen LogP contribution in [0, 0.1) is 0 Å². The standard InChI is InChI=1S/C16H8O2S2.2C2H6/c17-13-9-5-1-3-7-11(9)19-15(13)16-14(18)10-6-2-4-8-12(10)20-16;2*1-2/h1-8H;2*1-2H3/b16-15+;;. The molecule has 4 heteroatoms. The van der Waals surface area contributed by atoms with E-state index in [4.69, 9.17) is 0 Å². The number of ketones is 2. The Morgan fingerprint density at radius 1 is 0.583 bits per heavy atom. The zero-order chi connectivity index (χ0) is 17.7. The average Bonchev–Trinajstić information content (AvgIpc) is 3.17. The lowest BCUT2D eigenvalue weighted by Gasteiger charge is -1.98. The number of thioether (sulfide) groups is 2. The van der Waals surface area contributed by atoms with Gasteiger partial charge in [-0.3, -0.25) is 9.59 Å². The number of fused-ring (bicyclic) bond motifs is 2. The molecule has 124 valence electrons. The fourth-order valence-corrected chi connectivity index (χ4v) is 4.64. The monoisotopic (exact) mass is 356 g/mol. The highest BCUT2D eigenvalue weighted by molar-refractivity contribution is 8.08. The van der Waals surface area contributed by atoms with Crippen LogP contribution in [0.25, 0.3) is 0 Å². The Morgan fingerprint density at radius 3 is 1.25 bits per heavy atom. The summed E-state index contributed by atoms with van der Waals surface area (Å²) in [4.78, 5) is 27.9. The Balaban J connectivity index is 0.000000487. The van der Waals surface area contributed by atoms with Crippen molar-refractivity contribution in [2.24, 2.45) is 0 Å². The van der Waals surface area contributed by atoms with Crippen LogP contribution in [0.5, 0.6) is 0 Å². The van der Waals surface area contributed by atoms with Gasteiger partial charge in [-0.05, 0) is 24.3 Å². The van der Waals surface area contributed by atoms with Gasteiger partial charge in [-0.25, -0.2) is 0 Å². The lowest BCUT2D eigenvalue weighted by Crippen LogP contribution is -2.01. The Labute approximate surface area is 151 Å². The minimum absolute atomic E-state index is 0.0331. The first-order valence-electron chi connectivity index (χ1n) is 8.13. The molecule has 0 N–H and O–H groups in total. The quantitative estimate of drug-likeness (QED) is 0.524. The second-order valence-electron chi connectivity index (χ2n) is 4.51. The van der Waals surface area contributed by atoms with Gasteiger partial charge in [0.2, 0.25) is 11.6 Å². The van der Waals surface area contributed by atoms with Gasteiger partial charge in [0.05, 0.1) is 9.81 Å². The lowest BCUT2D eigenvalue weighted by atomic mass is 10.1. The molecule has 0 spiro atoms. The van der Waals surface area contributed by atoms with Crippen LogP contribution in [0.15, 0.2) is 68.1 Å². The van der Waals surface area contributed by atoms with E-state index < -0.39 is 0 Å². The Morgan fingerprint density at radius 2 is 0.917 bits per heavy atom. The zero-order valence-corrected chi connectivity index (χ0v) is 15.9. The third-order valence-electron chi connectivity index (χ3n) is 3.31. The summed E-state index contributed by atoms with van der Waals surface area (Å²) in [6.07, 6.45) is 0. The Bertz CT molecular complexity index is 739. The molecular formula is C20H20O2S2. The van der Waals surface area contributed by atoms with Crippen molar-refractivity contribution in [3.8, 4) is 0 Å². The third-order valence-corrected chi connectivity index (χ3v) is 5.77. The first kappa shape index (κ1) is 18.6. The Kier molecular flexibility index (Phi) is 6.46. The number of benzene rings is 2. The fraction of sp³-hybridized carbons (Fsp3) is 0.200. The highest BCUT2D eigenvalue weighted by Crippen LogP contribution is 2.49. The molecule has 0 amide bonds. The van der Waals surface area contributed by atoms with Crippen molar-refractivity contribution in [2.45, 2.75) is 37.5 Å². The van der Waals surface area contributed by atoms with Crippen LogP contribution >= 0.6 is 23.5 Å². The molecule has 24 heavy (non-hydrogen) atoms. The van der Waals surface area contributed by atoms with Gasteiger partial charge in [0.15, 0.2) is 0 Å². The molecule has 2 aliphatic heterocycles. The molecule has 0 radical (unpaired) electrons. The minimum Gasteiger partial charge on any atom is -0.288 e. The van der Waals surface area contributed by atoms with Crippen molar-refractivity contribution in [1.82, 2.24) is 0 Å². The van der Waals surface area contributed by atoms with Crippen molar-refractivity contribution in [2.75, 3.05) is 0 Å². The molecule has 0 aromatic heterocycles. The normalized spacial score (nSPS) is 17.3. The number of rotatable bonds is 0. The number of hydrogen-bond acceptors (Lipinski definition) is 4. The number of carbonyl (C=O) groups excluding carboxylic acids is 2. The first-order chi connectivity index (χ1) is 11.8. The highest BCUT2D eigenvalue weighted by Gasteiger charge is 2.35. The van der Waals surface area contributed by atoms with Crippen molar-refractivity contribution in [3.63, 3.8) is 0 Å². The van der Waals surface area contributed by atoms with E-state index in [1.54, 1.807) is 0 Å². The second kappa shape index (κ2) is 8.36. The molecule has 0 unspecified atom stereocenters. The van der Waals surface area contributed by atoms with Crippen LogP contribution in [-0.2, 0) is 0 Å². The molecule has 0 bridgehead atoms. The van der Waals surface area contributed by atoms with Crippen molar-refractivity contribution >= 4 is 35.1 Å². The number of carbonyl (C=O) groups is 2. The molecule has 0 aliphatic carbocycles. The van der Waals surface area contributed by atoms with Crippen LogP contribution in [0.4, 0.5) is 0 Å². The molecule has 0 saturated carbocycles. The van der Waals surface area contributed by atoms with Crippen molar-refractivity contribution in [3.05, 3.63) is 69.5 Å². The van der Waals surface area contributed by atoms with Crippen LogP contribution in [-0.4, -0.2) is 11.6 Å². The smallest absolute Gasteiger partial charge is 0.202 e. The Hall–Kier alpha value is -1.78. The fourth-order valence-electron chi connectivity index (χ4n) is 2.34. The van der Waals surface area contributed by atoms with Crippen LogP contribution in [0.1, 0.15) is 48.4 Å². The summed E-state index contributed by atoms with van der Waals surface area (Å²) in [5.41, 5.74) is 1.40. The predicted octanol–water partition coefficient (Wildman–Crippen LogP) is 6.23. The topological polar surface area (TPSA) is 34.1 Å². The van der Waals surface area contributed by atoms with Gasteiger partial charge in [0.25, 0.3) is 0 Å². The van der Waals surface area contributed by atoms with Gasteiger partial charge in [0, 0.05) is 20.9 Å². The van der Waals surface area contributed by atoms with E-state index in [-0.39, 0.29) is 11.6 Å². The maximum absolute atomic E-state index is 12.4. The van der Waals surface area contributed by atoms with E-state index in [0.717, 1.165) is 9.79 Å². The van der Waals surface area contributed by atoms with E-state index in [9.17, 15) is 9.59 Å². The summed E-state index contributed by atoms with van der Waals surface area (Å²) in [6, 6.07) is 15.0. The van der Waals surface area contributed by atoms with Crippen molar-refractivity contribution < 1.29 is 9.59 Å². The van der Waals surface area contributed by atoms with Crippen LogP contribution < -0.4 is 0 Å². The summed E-state index contributed by atoms with van der Waals surface area (Å²) >= 11 is 2.81. The maximum atomic E-state index is 12.4. The van der Waals surface area contributed by atoms with Gasteiger partial charge in [0.1, 0.15) is 0 Å². The van der Waals surface area contributed by atoms with Gasteiger partial charge in [-0.2, -0.15) is 0 Å². The molecule has 2 aliphatic rings. The van der Waals surface area contributed by atoms with E-state index >= 15 is 0 Å². The summed E-state index contributed by atoms with van der Waals surface area (Å²) in [6.45, 7) is 8.00. The lowest BCUT2D eigenvalue weighted by molar-refractivity contribution is 0.101. The maximum Gasteiger partial charge on any atom is 0.202 e. The molecule has 0 fully saturated rings. The number of hydrogen-bond donors (Lipinski definition) is 0. The summed E-state index contributed by atoms with van der Waals surface area (Å²) in [5.74, 6) is -0.0662. The van der Waals surface area contributed by atoms with E-state index in [1.807, 2.05) is 76.2 Å². The van der Waals surface area contributed by atoms with E-state index in [0.29, 0.717) is 20.9 Å². The van der Waals surface area contributed by atoms with Crippen molar-refractivity contribution in [1.29, 1.82) is 0 Å². The molecule has 0 saturated heterocycles. The molecule has 2 heterocycles. The summed E-state index contributed by atoms with van der Waals surface area (Å²) in [7, 11) is 0. The molecule has 2 aromatic carbocycles. The molecular weight excluding hydrogens is 336 g/mol. The highest BCUT2D eigenvalue weighted by atomic mass is 32.2. The minimum atomic E-state index is -0.0331. The summed E-state index contributed by atoms with van der Waals surface area (Å²) in [5, 5.41) is 0. The van der Waals surface area contributed by atoms with E-state index in [1.165, 1.54) is 23.5 Å². The number of allylic oxidation sites excluding steroid dienone is 2. The molecule has 2 nitrogen and oxygen atoms in total. The van der Waals surface area contributed by atoms with E-state index in [2.05, 4.69) is 0 Å². The average molecular weight is 357 g/mol.